The van der Waals surface area contributed by atoms with Gasteiger partial charge in [-0.05, 0) is 49.7 Å². The third-order valence-electron chi connectivity index (χ3n) is 3.44. The van der Waals surface area contributed by atoms with E-state index in [-0.39, 0.29) is 16.9 Å². The number of hydrogen-bond acceptors (Lipinski definition) is 2. The molecule has 0 saturated carbocycles. The molecule has 0 unspecified atom stereocenters. The lowest BCUT2D eigenvalue weighted by molar-refractivity contribution is 0.103. The predicted molar refractivity (Wildman–Crippen MR) is 74.7 cm³/mol. The monoisotopic (exact) mass is 270 g/mol. The highest BCUT2D eigenvalue weighted by Crippen LogP contribution is 2.35. The van der Waals surface area contributed by atoms with Crippen molar-refractivity contribution in [3.8, 4) is 5.75 Å². The average Bonchev–Trinajstić information content (AvgIpc) is 2.71. The van der Waals surface area contributed by atoms with E-state index in [0.29, 0.717) is 5.56 Å². The molecule has 102 valence electrons. The molecule has 0 radical (unpaired) electrons. The van der Waals surface area contributed by atoms with Crippen molar-refractivity contribution < 1.29 is 13.9 Å². The zero-order valence-electron chi connectivity index (χ0n) is 11.4. The Kier molecular flexibility index (Phi) is 2.85. The van der Waals surface area contributed by atoms with Crippen molar-refractivity contribution in [3.63, 3.8) is 0 Å². The summed E-state index contributed by atoms with van der Waals surface area (Å²) in [6.07, 6.45) is 0.751. The minimum atomic E-state index is -0.491. The van der Waals surface area contributed by atoms with Gasteiger partial charge in [-0.1, -0.05) is 12.1 Å². The Labute approximate surface area is 117 Å². The quantitative estimate of drug-likeness (QED) is 0.776. The zero-order valence-corrected chi connectivity index (χ0v) is 11.4. The van der Waals surface area contributed by atoms with Gasteiger partial charge >= 0.3 is 0 Å². The number of benzene rings is 2. The molecule has 0 atom stereocenters. The maximum Gasteiger partial charge on any atom is 0.195 e. The van der Waals surface area contributed by atoms with Gasteiger partial charge in [0.2, 0.25) is 0 Å². The minimum Gasteiger partial charge on any atom is -0.487 e. The maximum atomic E-state index is 13.7. The second-order valence-corrected chi connectivity index (χ2v) is 5.67. The van der Waals surface area contributed by atoms with Gasteiger partial charge in [0.25, 0.3) is 0 Å². The number of ketones is 1. The van der Waals surface area contributed by atoms with Crippen LogP contribution in [0.5, 0.6) is 5.75 Å². The van der Waals surface area contributed by atoms with E-state index in [0.717, 1.165) is 17.7 Å². The molecule has 0 amide bonds. The summed E-state index contributed by atoms with van der Waals surface area (Å²) >= 11 is 0. The molecule has 0 aromatic heterocycles. The summed E-state index contributed by atoms with van der Waals surface area (Å²) in [6.45, 7) is 4.01. The Morgan fingerprint density at radius 2 is 1.95 bits per heavy atom. The van der Waals surface area contributed by atoms with Gasteiger partial charge in [-0.3, -0.25) is 4.79 Å². The first-order chi connectivity index (χ1) is 9.46. The topological polar surface area (TPSA) is 26.3 Å². The Hall–Kier alpha value is -2.16. The predicted octanol–water partition coefficient (Wildman–Crippen LogP) is 3.77. The molecule has 0 N–H and O–H groups in total. The van der Waals surface area contributed by atoms with E-state index in [1.54, 1.807) is 30.3 Å². The fraction of sp³-hybridized carbons (Fsp3) is 0.235. The molecule has 3 rings (SSSR count). The number of rotatable bonds is 2. The fourth-order valence-corrected chi connectivity index (χ4v) is 2.55. The minimum absolute atomic E-state index is 0.102. The summed E-state index contributed by atoms with van der Waals surface area (Å²) in [5.41, 5.74) is 1.35. The van der Waals surface area contributed by atoms with Gasteiger partial charge in [0, 0.05) is 12.0 Å². The third kappa shape index (κ3) is 2.20. The van der Waals surface area contributed by atoms with Gasteiger partial charge in [0.1, 0.15) is 17.2 Å². The second-order valence-electron chi connectivity index (χ2n) is 5.67. The largest absolute Gasteiger partial charge is 0.487 e. The summed E-state index contributed by atoms with van der Waals surface area (Å²) in [5, 5.41) is 0. The number of hydrogen-bond donors (Lipinski definition) is 0. The molecule has 0 bridgehead atoms. The van der Waals surface area contributed by atoms with Crippen molar-refractivity contribution >= 4 is 5.78 Å². The molecule has 1 heterocycles. The number of carbonyl (C=O) groups excluding carboxylic acids is 1. The highest BCUT2D eigenvalue weighted by Gasteiger charge is 2.30. The van der Waals surface area contributed by atoms with Crippen LogP contribution in [0.1, 0.15) is 35.3 Å². The van der Waals surface area contributed by atoms with Gasteiger partial charge in [-0.2, -0.15) is 0 Å². The van der Waals surface area contributed by atoms with Crippen molar-refractivity contribution in [2.75, 3.05) is 0 Å². The van der Waals surface area contributed by atoms with E-state index in [1.165, 1.54) is 12.1 Å². The van der Waals surface area contributed by atoms with Crippen LogP contribution in [-0.4, -0.2) is 11.4 Å². The Bertz CT molecular complexity index is 689. The van der Waals surface area contributed by atoms with Gasteiger partial charge in [-0.15, -0.1) is 0 Å². The van der Waals surface area contributed by atoms with Crippen LogP contribution in [0.2, 0.25) is 0 Å². The van der Waals surface area contributed by atoms with Crippen molar-refractivity contribution in [2.45, 2.75) is 25.9 Å². The highest BCUT2D eigenvalue weighted by atomic mass is 19.1. The van der Waals surface area contributed by atoms with Gasteiger partial charge in [-0.25, -0.2) is 4.39 Å². The van der Waals surface area contributed by atoms with Gasteiger partial charge < -0.3 is 4.74 Å². The third-order valence-corrected chi connectivity index (χ3v) is 3.44. The molecular formula is C17H15FO2. The fourth-order valence-electron chi connectivity index (χ4n) is 2.55. The van der Waals surface area contributed by atoms with Crippen LogP contribution in [0.25, 0.3) is 0 Å². The molecule has 0 fully saturated rings. The number of carbonyl (C=O) groups is 1. The molecule has 2 aromatic rings. The average molecular weight is 270 g/mol. The number of ether oxygens (including phenoxy) is 1. The molecular weight excluding hydrogens is 255 g/mol. The molecule has 0 saturated heterocycles. The summed E-state index contributed by atoms with van der Waals surface area (Å²) in [4.78, 5) is 12.3. The van der Waals surface area contributed by atoms with E-state index >= 15 is 0 Å². The zero-order chi connectivity index (χ0) is 14.3. The van der Waals surface area contributed by atoms with Crippen LogP contribution in [0.15, 0.2) is 42.5 Å². The van der Waals surface area contributed by atoms with Gasteiger partial charge in [0.05, 0.1) is 5.56 Å². The molecule has 0 aliphatic carbocycles. The molecule has 2 nitrogen and oxygen atoms in total. The van der Waals surface area contributed by atoms with Crippen LogP contribution in [0.3, 0.4) is 0 Å². The van der Waals surface area contributed by atoms with Gasteiger partial charge in [0.15, 0.2) is 5.78 Å². The number of halogens is 1. The maximum absolute atomic E-state index is 13.7. The molecule has 20 heavy (non-hydrogen) atoms. The van der Waals surface area contributed by atoms with Crippen LogP contribution < -0.4 is 4.74 Å². The summed E-state index contributed by atoms with van der Waals surface area (Å²) < 4.78 is 19.5. The van der Waals surface area contributed by atoms with Crippen LogP contribution in [0.4, 0.5) is 4.39 Å². The highest BCUT2D eigenvalue weighted by molar-refractivity contribution is 6.09. The molecule has 0 spiro atoms. The summed E-state index contributed by atoms with van der Waals surface area (Å²) in [5.74, 6) is 0.0188. The lowest BCUT2D eigenvalue weighted by atomic mass is 9.97. The van der Waals surface area contributed by atoms with E-state index in [4.69, 9.17) is 4.74 Å². The second kappa shape index (κ2) is 4.44. The first-order valence-corrected chi connectivity index (χ1v) is 6.57. The molecule has 2 aromatic carbocycles. The molecule has 1 aliphatic rings. The smallest absolute Gasteiger partial charge is 0.195 e. The van der Waals surface area contributed by atoms with Crippen molar-refractivity contribution in [3.05, 3.63) is 65.0 Å². The standard InChI is InChI=1S/C17H15FO2/c1-17(2)10-12-9-11(7-8-15(12)20-17)16(19)13-5-3-4-6-14(13)18/h3-9H,10H2,1-2H3. The molecule has 1 aliphatic heterocycles. The Balaban J connectivity index is 1.98. The Morgan fingerprint density at radius 1 is 1.20 bits per heavy atom. The Morgan fingerprint density at radius 3 is 2.70 bits per heavy atom. The summed E-state index contributed by atoms with van der Waals surface area (Å²) in [6, 6.07) is 11.3. The van der Waals surface area contributed by atoms with E-state index in [9.17, 15) is 9.18 Å². The summed E-state index contributed by atoms with van der Waals surface area (Å²) in [7, 11) is 0. The van der Waals surface area contributed by atoms with E-state index < -0.39 is 5.82 Å². The van der Waals surface area contributed by atoms with E-state index in [1.807, 2.05) is 13.8 Å². The van der Waals surface area contributed by atoms with Crippen molar-refractivity contribution in [1.29, 1.82) is 0 Å². The SMILES string of the molecule is CC1(C)Cc2cc(C(=O)c3ccccc3F)ccc2O1. The van der Waals surface area contributed by atoms with E-state index in [2.05, 4.69) is 0 Å². The normalized spacial score (nSPS) is 15.6. The first-order valence-electron chi connectivity index (χ1n) is 6.57. The molecule has 3 heteroatoms. The first kappa shape index (κ1) is 12.9. The van der Waals surface area contributed by atoms with Crippen molar-refractivity contribution in [1.82, 2.24) is 0 Å². The number of fused-ring (bicyclic) bond motifs is 1. The van der Waals surface area contributed by atoms with Crippen LogP contribution in [-0.2, 0) is 6.42 Å². The van der Waals surface area contributed by atoms with Crippen LogP contribution in [0, 0.1) is 5.82 Å². The van der Waals surface area contributed by atoms with Crippen LogP contribution >= 0.6 is 0 Å². The lowest BCUT2D eigenvalue weighted by Gasteiger charge is -2.16. The van der Waals surface area contributed by atoms with Crippen molar-refractivity contribution in [2.24, 2.45) is 0 Å². The lowest BCUT2D eigenvalue weighted by Crippen LogP contribution is -2.24.